The highest BCUT2D eigenvalue weighted by Crippen LogP contribution is 2.34. The molecule has 2 rings (SSSR count). The summed E-state index contributed by atoms with van der Waals surface area (Å²) in [4.78, 5) is 24.8. The van der Waals surface area contributed by atoms with Gasteiger partial charge in [0.1, 0.15) is 11.5 Å². The summed E-state index contributed by atoms with van der Waals surface area (Å²) in [5, 5.41) is 0. The van der Waals surface area contributed by atoms with Crippen LogP contribution in [0.15, 0.2) is 18.2 Å². The maximum Gasteiger partial charge on any atom is 0.267 e. The Bertz CT molecular complexity index is 510. The van der Waals surface area contributed by atoms with Crippen molar-refractivity contribution in [1.29, 1.82) is 0 Å². The summed E-state index contributed by atoms with van der Waals surface area (Å²) in [6.07, 6.45) is 1.39. The fourth-order valence-corrected chi connectivity index (χ4v) is 2.17. The number of carbonyl (C=O) groups is 2. The second kappa shape index (κ2) is 5.43. The van der Waals surface area contributed by atoms with Crippen LogP contribution in [-0.2, 0) is 16.0 Å². The lowest BCUT2D eigenvalue weighted by Crippen LogP contribution is -2.42. The molecule has 1 aliphatic heterocycles. The van der Waals surface area contributed by atoms with E-state index in [2.05, 4.69) is 0 Å². The Morgan fingerprint density at radius 3 is 2.84 bits per heavy atom. The first kappa shape index (κ1) is 13.6. The van der Waals surface area contributed by atoms with Crippen molar-refractivity contribution in [2.75, 3.05) is 11.9 Å². The van der Waals surface area contributed by atoms with Crippen LogP contribution in [0.2, 0.25) is 0 Å². The highest BCUT2D eigenvalue weighted by Gasteiger charge is 2.28. The third kappa shape index (κ3) is 2.78. The monoisotopic (exact) mass is 261 g/mol. The highest BCUT2D eigenvalue weighted by molar-refractivity contribution is 5.99. The summed E-state index contributed by atoms with van der Waals surface area (Å²) in [5.74, 6) is 0.932. The van der Waals surface area contributed by atoms with Crippen molar-refractivity contribution in [2.45, 2.75) is 39.2 Å². The molecule has 1 aromatic carbocycles. The average molecular weight is 261 g/mol. The molecule has 0 saturated carbocycles. The van der Waals surface area contributed by atoms with E-state index >= 15 is 0 Å². The van der Waals surface area contributed by atoms with Gasteiger partial charge in [-0.3, -0.25) is 9.59 Å². The van der Waals surface area contributed by atoms with E-state index in [0.29, 0.717) is 19.3 Å². The number of aryl methyl sites for hydroxylation is 1. The Morgan fingerprint density at radius 1 is 1.42 bits per heavy atom. The van der Waals surface area contributed by atoms with Crippen molar-refractivity contribution >= 4 is 17.4 Å². The molecule has 1 amide bonds. The quantitative estimate of drug-likeness (QED) is 0.835. The Morgan fingerprint density at radius 2 is 2.16 bits per heavy atom. The fraction of sp³-hybridized carbons (Fsp3) is 0.467. The number of amides is 1. The van der Waals surface area contributed by atoms with Crippen molar-refractivity contribution in [3.05, 3.63) is 23.8 Å². The van der Waals surface area contributed by atoms with E-state index in [0.717, 1.165) is 17.0 Å². The molecule has 4 nitrogen and oxygen atoms in total. The van der Waals surface area contributed by atoms with E-state index in [-0.39, 0.29) is 11.7 Å². The highest BCUT2D eigenvalue weighted by atomic mass is 16.5. The molecule has 0 radical (unpaired) electrons. The van der Waals surface area contributed by atoms with E-state index in [1.165, 1.54) is 0 Å². The first-order valence-electron chi connectivity index (χ1n) is 6.61. The summed E-state index contributed by atoms with van der Waals surface area (Å²) in [6.45, 7) is 3.62. The predicted octanol–water partition coefficient (Wildman–Crippen LogP) is 2.34. The number of ether oxygens (including phenoxy) is 1. The molecule has 19 heavy (non-hydrogen) atoms. The van der Waals surface area contributed by atoms with Gasteiger partial charge < -0.3 is 9.64 Å². The number of fused-ring (bicyclic) bond motifs is 1. The van der Waals surface area contributed by atoms with Crippen LogP contribution in [0, 0.1) is 0 Å². The number of hydrogen-bond donors (Lipinski definition) is 0. The smallest absolute Gasteiger partial charge is 0.267 e. The number of nitrogens with zero attached hydrogens (tertiary/aromatic N) is 1. The Labute approximate surface area is 113 Å². The van der Waals surface area contributed by atoms with E-state index in [1.54, 1.807) is 18.9 Å². The van der Waals surface area contributed by atoms with Gasteiger partial charge >= 0.3 is 0 Å². The first-order chi connectivity index (χ1) is 9.02. The molecule has 1 heterocycles. The predicted molar refractivity (Wildman–Crippen MR) is 73.6 cm³/mol. The molecule has 1 atom stereocenters. The van der Waals surface area contributed by atoms with Gasteiger partial charge in [0.05, 0.1) is 5.69 Å². The molecule has 1 unspecified atom stereocenters. The van der Waals surface area contributed by atoms with E-state index in [4.69, 9.17) is 4.74 Å². The third-order valence-corrected chi connectivity index (χ3v) is 3.45. The second-order valence-corrected chi connectivity index (χ2v) is 4.85. The van der Waals surface area contributed by atoms with E-state index < -0.39 is 6.10 Å². The SMILES string of the molecule is CCC(=O)CCc1ccc2c(c1)N(C)C(=O)C(C)O2. The van der Waals surface area contributed by atoms with Gasteiger partial charge in [-0.1, -0.05) is 13.0 Å². The van der Waals surface area contributed by atoms with E-state index in [1.807, 2.05) is 25.1 Å². The largest absolute Gasteiger partial charge is 0.479 e. The molecule has 102 valence electrons. The fourth-order valence-electron chi connectivity index (χ4n) is 2.17. The minimum absolute atomic E-state index is 0.0470. The van der Waals surface area contributed by atoms with Gasteiger partial charge in [0, 0.05) is 19.9 Å². The maximum absolute atomic E-state index is 11.9. The van der Waals surface area contributed by atoms with Gasteiger partial charge in [-0.25, -0.2) is 0 Å². The second-order valence-electron chi connectivity index (χ2n) is 4.85. The molecular weight excluding hydrogens is 242 g/mol. The number of ketones is 1. The lowest BCUT2D eigenvalue weighted by Gasteiger charge is -2.30. The van der Waals surface area contributed by atoms with Gasteiger partial charge in [0.25, 0.3) is 5.91 Å². The van der Waals surface area contributed by atoms with Crippen LogP contribution in [0.25, 0.3) is 0 Å². The Balaban J connectivity index is 2.19. The van der Waals surface area contributed by atoms with Crippen LogP contribution in [0.3, 0.4) is 0 Å². The lowest BCUT2D eigenvalue weighted by atomic mass is 10.0. The number of rotatable bonds is 4. The van der Waals surface area contributed by atoms with Crippen molar-refractivity contribution in [1.82, 2.24) is 0 Å². The zero-order valence-corrected chi connectivity index (χ0v) is 11.6. The van der Waals surface area contributed by atoms with Crippen molar-refractivity contribution in [3.63, 3.8) is 0 Å². The van der Waals surface area contributed by atoms with Crippen molar-refractivity contribution in [2.24, 2.45) is 0 Å². The molecule has 1 aliphatic rings. The number of likely N-dealkylation sites (N-methyl/N-ethyl adjacent to an activating group) is 1. The summed E-state index contributed by atoms with van der Waals surface area (Å²) in [6, 6.07) is 5.76. The number of anilines is 1. The van der Waals surface area contributed by atoms with Crippen LogP contribution in [-0.4, -0.2) is 24.8 Å². The molecule has 0 aliphatic carbocycles. The van der Waals surface area contributed by atoms with E-state index in [9.17, 15) is 9.59 Å². The molecular formula is C15H19NO3. The molecule has 0 saturated heterocycles. The lowest BCUT2D eigenvalue weighted by molar-refractivity contribution is -0.125. The van der Waals surface area contributed by atoms with Crippen molar-refractivity contribution < 1.29 is 14.3 Å². The molecule has 0 N–H and O–H groups in total. The molecule has 0 fully saturated rings. The van der Waals surface area contributed by atoms with Gasteiger partial charge in [-0.15, -0.1) is 0 Å². The number of Topliss-reactive ketones (excluding diaryl/α,β-unsaturated/α-hetero) is 1. The van der Waals surface area contributed by atoms with Crippen LogP contribution in [0.1, 0.15) is 32.3 Å². The topological polar surface area (TPSA) is 46.6 Å². The van der Waals surface area contributed by atoms with Crippen molar-refractivity contribution in [3.8, 4) is 5.75 Å². The zero-order valence-electron chi connectivity index (χ0n) is 11.6. The number of benzene rings is 1. The molecule has 0 aromatic heterocycles. The summed E-state index contributed by atoms with van der Waals surface area (Å²) < 4.78 is 5.56. The molecule has 1 aromatic rings. The van der Waals surface area contributed by atoms with Crippen LogP contribution in [0.5, 0.6) is 5.75 Å². The number of hydrogen-bond acceptors (Lipinski definition) is 3. The number of carbonyl (C=O) groups excluding carboxylic acids is 2. The summed E-state index contributed by atoms with van der Waals surface area (Å²) >= 11 is 0. The summed E-state index contributed by atoms with van der Waals surface area (Å²) in [5.41, 5.74) is 1.84. The summed E-state index contributed by atoms with van der Waals surface area (Å²) in [7, 11) is 1.75. The average Bonchev–Trinajstić information content (AvgIpc) is 2.42. The van der Waals surface area contributed by atoms with Gasteiger partial charge in [0.15, 0.2) is 6.10 Å². The zero-order chi connectivity index (χ0) is 14.0. The first-order valence-corrected chi connectivity index (χ1v) is 6.61. The molecule has 4 heteroatoms. The van der Waals surface area contributed by atoms with Gasteiger partial charge in [-0.05, 0) is 31.0 Å². The van der Waals surface area contributed by atoms with Gasteiger partial charge in [0.2, 0.25) is 0 Å². The van der Waals surface area contributed by atoms with Crippen LogP contribution >= 0.6 is 0 Å². The minimum Gasteiger partial charge on any atom is -0.479 e. The normalized spacial score (nSPS) is 17.9. The minimum atomic E-state index is -0.440. The van der Waals surface area contributed by atoms with Crippen LogP contribution in [0.4, 0.5) is 5.69 Å². The third-order valence-electron chi connectivity index (χ3n) is 3.45. The van der Waals surface area contributed by atoms with Gasteiger partial charge in [-0.2, -0.15) is 0 Å². The Hall–Kier alpha value is -1.84. The molecule has 0 bridgehead atoms. The van der Waals surface area contributed by atoms with Crippen LogP contribution < -0.4 is 9.64 Å². The molecule has 0 spiro atoms. The Kier molecular flexibility index (Phi) is 3.88. The standard InChI is InChI=1S/C15H19NO3/c1-4-12(17)7-5-11-6-8-14-13(9-11)16(3)15(18)10(2)19-14/h6,8-10H,4-5,7H2,1-3H3. The maximum atomic E-state index is 11.9.